The molecule has 0 heterocycles. The molecule has 2 aromatic carbocycles. The molecule has 0 unspecified atom stereocenters. The molecule has 0 amide bonds. The van der Waals surface area contributed by atoms with Gasteiger partial charge in [0.2, 0.25) is 0 Å². The molecular weight excluding hydrogens is 394 g/mol. The number of carbonyl (C=O) groups is 2. The monoisotopic (exact) mass is 410 g/mol. The molecule has 0 aliphatic rings. The van der Waals surface area contributed by atoms with E-state index >= 15 is 0 Å². The fourth-order valence-electron chi connectivity index (χ4n) is 1.88. The molecular formula is C17H16Na2O7S. The van der Waals surface area contributed by atoms with Gasteiger partial charge in [0.15, 0.2) is 12.4 Å². The van der Waals surface area contributed by atoms with Crippen molar-refractivity contribution in [2.45, 2.75) is 4.90 Å². The van der Waals surface area contributed by atoms with E-state index in [1.54, 1.807) is 0 Å². The van der Waals surface area contributed by atoms with Gasteiger partial charge >= 0.3 is 65.1 Å². The topological polar surface area (TPSA) is 118 Å². The zero-order valence-electron chi connectivity index (χ0n) is 12.8. The van der Waals surface area contributed by atoms with Crippen LogP contribution in [0.5, 0.6) is 5.75 Å². The van der Waals surface area contributed by atoms with E-state index in [4.69, 9.17) is 14.4 Å². The Balaban J connectivity index is 0.00000338. The zero-order chi connectivity index (χ0) is 18.4. The van der Waals surface area contributed by atoms with Crippen molar-refractivity contribution >= 4 is 87.1 Å². The molecule has 0 aliphatic heterocycles. The van der Waals surface area contributed by atoms with Crippen LogP contribution in [0.2, 0.25) is 0 Å². The Hall–Kier alpha value is -0.970. The summed E-state index contributed by atoms with van der Waals surface area (Å²) in [6, 6.07) is 11.4. The third kappa shape index (κ3) is 8.71. The van der Waals surface area contributed by atoms with E-state index in [9.17, 15) is 18.0 Å². The fraction of sp³-hybridized carbons (Fsp3) is 0.0588. The van der Waals surface area contributed by atoms with E-state index in [1.165, 1.54) is 60.7 Å². The molecule has 0 radical (unpaired) electrons. The van der Waals surface area contributed by atoms with Gasteiger partial charge in [-0.15, -0.1) is 0 Å². The predicted octanol–water partition coefficient (Wildman–Crippen LogP) is 0.996. The summed E-state index contributed by atoms with van der Waals surface area (Å²) in [4.78, 5) is 22.2. The maximum absolute atomic E-state index is 12.1. The van der Waals surface area contributed by atoms with Crippen molar-refractivity contribution in [2.75, 3.05) is 6.61 Å². The molecule has 2 N–H and O–H groups in total. The Morgan fingerprint density at radius 1 is 0.963 bits per heavy atom. The first-order valence-corrected chi connectivity index (χ1v) is 8.44. The normalized spacial score (nSPS) is 10.6. The van der Waals surface area contributed by atoms with Gasteiger partial charge in [0.25, 0.3) is 10.1 Å². The van der Waals surface area contributed by atoms with Crippen LogP contribution in [0.15, 0.2) is 59.5 Å². The average Bonchev–Trinajstić information content (AvgIpc) is 2.58. The van der Waals surface area contributed by atoms with Crippen LogP contribution in [-0.4, -0.2) is 95.6 Å². The van der Waals surface area contributed by atoms with E-state index in [0.29, 0.717) is 16.9 Å². The number of aliphatic carboxylic acids is 1. The van der Waals surface area contributed by atoms with Gasteiger partial charge in [0.05, 0.1) is 4.90 Å². The third-order valence-electron chi connectivity index (χ3n) is 3.11. The van der Waals surface area contributed by atoms with Crippen LogP contribution in [0.3, 0.4) is 0 Å². The van der Waals surface area contributed by atoms with Gasteiger partial charge in [-0.25, -0.2) is 4.79 Å². The summed E-state index contributed by atoms with van der Waals surface area (Å²) in [7, 11) is -4.25. The van der Waals surface area contributed by atoms with Crippen molar-refractivity contribution in [3.63, 3.8) is 0 Å². The van der Waals surface area contributed by atoms with Gasteiger partial charge in [0.1, 0.15) is 5.75 Å². The summed E-state index contributed by atoms with van der Waals surface area (Å²) in [5.74, 6) is -1.05. The number of carbonyl (C=O) groups excluding carboxylic acids is 1. The number of rotatable bonds is 7. The summed E-state index contributed by atoms with van der Waals surface area (Å²) in [5, 5.41) is 8.52. The Labute approximate surface area is 200 Å². The SMILES string of the molecule is O=C(O)COc1ccc(C(=O)C=Cc2ccc(S(=O)(=O)O)cc2)cc1.[NaH].[NaH]. The predicted molar refractivity (Wildman–Crippen MR) is 103 cm³/mol. The average molecular weight is 410 g/mol. The van der Waals surface area contributed by atoms with Crippen LogP contribution < -0.4 is 4.74 Å². The number of ketones is 1. The van der Waals surface area contributed by atoms with Crippen LogP contribution in [0, 0.1) is 0 Å². The molecule has 0 fully saturated rings. The second kappa shape index (κ2) is 11.8. The third-order valence-corrected chi connectivity index (χ3v) is 3.97. The maximum atomic E-state index is 12.1. The molecule has 0 bridgehead atoms. The zero-order valence-corrected chi connectivity index (χ0v) is 13.6. The Kier molecular flexibility index (Phi) is 11.4. The van der Waals surface area contributed by atoms with Gasteiger partial charge < -0.3 is 9.84 Å². The molecule has 0 aromatic heterocycles. The summed E-state index contributed by atoms with van der Waals surface area (Å²) in [6.45, 7) is -0.466. The van der Waals surface area contributed by atoms with Crippen molar-refractivity contribution in [2.24, 2.45) is 0 Å². The number of benzene rings is 2. The van der Waals surface area contributed by atoms with Crippen molar-refractivity contribution < 1.29 is 32.4 Å². The van der Waals surface area contributed by atoms with E-state index in [-0.39, 0.29) is 69.8 Å². The fourth-order valence-corrected chi connectivity index (χ4v) is 2.36. The minimum absolute atomic E-state index is 0. The van der Waals surface area contributed by atoms with E-state index in [0.717, 1.165) is 0 Å². The summed E-state index contributed by atoms with van der Waals surface area (Å²) < 4.78 is 35.8. The van der Waals surface area contributed by atoms with E-state index in [2.05, 4.69) is 0 Å². The van der Waals surface area contributed by atoms with Crippen LogP contribution in [0.1, 0.15) is 15.9 Å². The number of carboxylic acid groups (broad SMARTS) is 1. The Morgan fingerprint density at radius 2 is 1.52 bits per heavy atom. The van der Waals surface area contributed by atoms with Crippen molar-refractivity contribution in [3.8, 4) is 5.75 Å². The quantitative estimate of drug-likeness (QED) is 0.303. The first kappa shape index (κ1) is 26.0. The number of carboxylic acids is 1. The van der Waals surface area contributed by atoms with Gasteiger partial charge in [-0.05, 0) is 48.0 Å². The molecule has 0 saturated heterocycles. The molecule has 0 spiro atoms. The standard InChI is InChI=1S/C17H14O7S.2Na.2H/c18-16(13-4-6-14(7-5-13)24-11-17(19)20)10-3-12-1-8-15(9-2-12)25(21,22)23;;;;/h1-10H,11H2,(H,19,20)(H,21,22,23);;;;. The van der Waals surface area contributed by atoms with Crippen molar-refractivity contribution in [3.05, 3.63) is 65.7 Å². The molecule has 0 saturated carbocycles. The second-order valence-corrected chi connectivity index (χ2v) is 6.37. The molecule has 0 aliphatic carbocycles. The molecule has 7 nitrogen and oxygen atoms in total. The molecule has 0 atom stereocenters. The second-order valence-electron chi connectivity index (χ2n) is 4.95. The molecule has 134 valence electrons. The number of hydrogen-bond donors (Lipinski definition) is 2. The van der Waals surface area contributed by atoms with Crippen molar-refractivity contribution in [1.29, 1.82) is 0 Å². The van der Waals surface area contributed by atoms with Crippen LogP contribution in [0.25, 0.3) is 6.08 Å². The molecule has 27 heavy (non-hydrogen) atoms. The summed E-state index contributed by atoms with van der Waals surface area (Å²) >= 11 is 0. The van der Waals surface area contributed by atoms with Crippen molar-refractivity contribution in [1.82, 2.24) is 0 Å². The van der Waals surface area contributed by atoms with Gasteiger partial charge in [-0.2, -0.15) is 8.42 Å². The van der Waals surface area contributed by atoms with Crippen LogP contribution >= 0.6 is 0 Å². The minimum atomic E-state index is -4.25. The Morgan fingerprint density at radius 3 is 2.00 bits per heavy atom. The Bertz CT molecular complexity index is 905. The van der Waals surface area contributed by atoms with Gasteiger partial charge in [-0.3, -0.25) is 9.35 Å². The number of hydrogen-bond acceptors (Lipinski definition) is 5. The number of allylic oxidation sites excluding steroid dienone is 1. The van der Waals surface area contributed by atoms with Crippen LogP contribution in [0.4, 0.5) is 0 Å². The van der Waals surface area contributed by atoms with Gasteiger partial charge in [0, 0.05) is 5.56 Å². The number of ether oxygens (including phenoxy) is 1. The first-order valence-electron chi connectivity index (χ1n) is 7.00. The first-order chi connectivity index (χ1) is 11.8. The van der Waals surface area contributed by atoms with E-state index in [1.807, 2.05) is 0 Å². The summed E-state index contributed by atoms with van der Waals surface area (Å²) in [6.07, 6.45) is 2.82. The molecule has 2 aromatic rings. The molecule has 2 rings (SSSR count). The van der Waals surface area contributed by atoms with Gasteiger partial charge in [-0.1, -0.05) is 18.2 Å². The van der Waals surface area contributed by atoms with Crippen LogP contribution in [-0.2, 0) is 14.9 Å². The molecule has 10 heteroatoms. The summed E-state index contributed by atoms with van der Waals surface area (Å²) in [5.41, 5.74) is 0.968. The van der Waals surface area contributed by atoms with E-state index < -0.39 is 22.7 Å².